The molecule has 7 nitrogen and oxygen atoms in total. The van der Waals surface area contributed by atoms with Crippen molar-refractivity contribution in [1.29, 1.82) is 0 Å². The molecule has 0 aliphatic heterocycles. The highest BCUT2D eigenvalue weighted by molar-refractivity contribution is 5.93. The van der Waals surface area contributed by atoms with Crippen molar-refractivity contribution < 1.29 is 24.9 Å². The van der Waals surface area contributed by atoms with Crippen LogP contribution in [0.3, 0.4) is 0 Å². The lowest BCUT2D eigenvalue weighted by atomic mass is 9.89. The Bertz CT molecular complexity index is 842. The van der Waals surface area contributed by atoms with E-state index in [1.54, 1.807) is 32.2 Å². The predicted molar refractivity (Wildman–Crippen MR) is 107 cm³/mol. The summed E-state index contributed by atoms with van der Waals surface area (Å²) in [6, 6.07) is 3.51. The smallest absolute Gasteiger partial charge is 0.355 e. The number of hydrogen-bond acceptors (Lipinski definition) is 6. The Balaban J connectivity index is 2.82. The van der Waals surface area contributed by atoms with Crippen molar-refractivity contribution in [3.63, 3.8) is 0 Å². The fraction of sp³-hybridized carbons (Fsp3) is 0.381. The van der Waals surface area contributed by atoms with Gasteiger partial charge in [0.2, 0.25) is 0 Å². The highest BCUT2D eigenvalue weighted by Crippen LogP contribution is 2.36. The van der Waals surface area contributed by atoms with E-state index < -0.39 is 5.97 Å². The van der Waals surface area contributed by atoms with Crippen LogP contribution in [0.25, 0.3) is 11.1 Å². The molecule has 1 aromatic carbocycles. The molecule has 0 saturated carbocycles. The third-order valence-electron chi connectivity index (χ3n) is 4.65. The molecule has 1 aromatic heterocycles. The van der Waals surface area contributed by atoms with E-state index >= 15 is 0 Å². The summed E-state index contributed by atoms with van der Waals surface area (Å²) in [5.74, 6) is -0.456. The number of benzene rings is 1. The van der Waals surface area contributed by atoms with Crippen molar-refractivity contribution in [3.8, 4) is 11.1 Å². The first-order valence-electron chi connectivity index (χ1n) is 9.20. The number of allylic oxidation sites excluding steroid dienone is 1. The Morgan fingerprint density at radius 3 is 2.43 bits per heavy atom. The van der Waals surface area contributed by atoms with Gasteiger partial charge in [0.05, 0.1) is 26.4 Å². The number of hydrogen-bond donors (Lipinski definition) is 5. The lowest BCUT2D eigenvalue weighted by Gasteiger charge is -2.17. The first-order chi connectivity index (χ1) is 13.6. The molecule has 0 fully saturated rings. The lowest BCUT2D eigenvalue weighted by Crippen LogP contribution is -2.09. The average Bonchev–Trinajstić information content (AvgIpc) is 3.05. The molecular formula is C21H28N2O5. The molecule has 152 valence electrons. The van der Waals surface area contributed by atoms with Gasteiger partial charge in [0.25, 0.3) is 0 Å². The van der Waals surface area contributed by atoms with Crippen LogP contribution in [0.4, 0.5) is 0 Å². The molecule has 0 bridgehead atoms. The summed E-state index contributed by atoms with van der Waals surface area (Å²) in [4.78, 5) is 15.6. The summed E-state index contributed by atoms with van der Waals surface area (Å²) >= 11 is 0. The number of aliphatic hydroxyl groups is 3. The minimum absolute atomic E-state index is 0.243. The van der Waals surface area contributed by atoms with Gasteiger partial charge in [0.1, 0.15) is 5.69 Å². The van der Waals surface area contributed by atoms with Crippen molar-refractivity contribution in [2.75, 3.05) is 13.7 Å². The Morgan fingerprint density at radius 2 is 1.89 bits per heavy atom. The third-order valence-corrected chi connectivity index (χ3v) is 4.65. The molecule has 1 heterocycles. The van der Waals surface area contributed by atoms with E-state index in [-0.39, 0.29) is 26.4 Å². The van der Waals surface area contributed by atoms with Gasteiger partial charge in [-0.3, -0.25) is 0 Å². The van der Waals surface area contributed by atoms with Gasteiger partial charge in [0, 0.05) is 17.8 Å². The third kappa shape index (κ3) is 4.18. The summed E-state index contributed by atoms with van der Waals surface area (Å²) in [7, 11) is 1.79. The van der Waals surface area contributed by atoms with Crippen LogP contribution in [-0.4, -0.2) is 39.9 Å². The highest BCUT2D eigenvalue weighted by atomic mass is 16.5. The van der Waals surface area contributed by atoms with E-state index in [1.165, 1.54) is 0 Å². The Kier molecular flexibility index (Phi) is 7.95. The number of ether oxygens (including phenoxy) is 1. The second kappa shape index (κ2) is 10.2. The van der Waals surface area contributed by atoms with Gasteiger partial charge in [-0.2, -0.15) is 0 Å². The van der Waals surface area contributed by atoms with Crippen molar-refractivity contribution >= 4 is 5.97 Å². The van der Waals surface area contributed by atoms with Gasteiger partial charge < -0.3 is 30.4 Å². The van der Waals surface area contributed by atoms with E-state index in [0.717, 1.165) is 11.3 Å². The summed E-state index contributed by atoms with van der Waals surface area (Å²) < 4.78 is 5.19. The molecule has 0 spiro atoms. The SMILES string of the molecule is C=CCc1c(C(=O)OCC)[nH]c(CNC)c1-c1ccc(CO)c(CO)c1CO. The number of H-pyrrole nitrogens is 1. The second-order valence-corrected chi connectivity index (χ2v) is 6.28. The fourth-order valence-electron chi connectivity index (χ4n) is 3.46. The minimum atomic E-state index is -0.456. The fourth-order valence-corrected chi connectivity index (χ4v) is 3.46. The molecule has 2 aromatic rings. The van der Waals surface area contributed by atoms with E-state index in [4.69, 9.17) is 4.74 Å². The molecule has 0 atom stereocenters. The standard InChI is InChI=1S/C21H28N2O5/c1-4-6-15-19(18(9-22-3)23-20(15)21(27)28-5-2)14-8-7-13(10-24)16(11-25)17(14)12-26/h4,7-8,22-26H,1,5-6,9-12H2,2-3H3. The molecule has 0 unspecified atom stereocenters. The van der Waals surface area contributed by atoms with Crippen LogP contribution < -0.4 is 5.32 Å². The predicted octanol–water partition coefficient (Wildman–Crippen LogP) is 1.78. The van der Waals surface area contributed by atoms with E-state index in [0.29, 0.717) is 46.5 Å². The maximum Gasteiger partial charge on any atom is 0.355 e. The van der Waals surface area contributed by atoms with Crippen LogP contribution in [0, 0.1) is 0 Å². The van der Waals surface area contributed by atoms with E-state index in [2.05, 4.69) is 16.9 Å². The number of aromatic nitrogens is 1. The van der Waals surface area contributed by atoms with Crippen LogP contribution in [0.1, 0.15) is 45.4 Å². The van der Waals surface area contributed by atoms with Gasteiger partial charge in [-0.1, -0.05) is 18.2 Å². The summed E-state index contributed by atoms with van der Waals surface area (Å²) in [5.41, 5.74) is 4.84. The molecule has 0 aliphatic rings. The monoisotopic (exact) mass is 388 g/mol. The first-order valence-corrected chi connectivity index (χ1v) is 9.20. The number of carbonyl (C=O) groups excluding carboxylic acids is 1. The van der Waals surface area contributed by atoms with Crippen LogP contribution in [0.2, 0.25) is 0 Å². The molecule has 0 saturated heterocycles. The van der Waals surface area contributed by atoms with Crippen molar-refractivity contribution in [2.45, 2.75) is 39.7 Å². The molecule has 0 aliphatic carbocycles. The number of aromatic amines is 1. The molecule has 5 N–H and O–H groups in total. The zero-order valence-electron chi connectivity index (χ0n) is 16.3. The Morgan fingerprint density at radius 1 is 1.18 bits per heavy atom. The number of carbonyl (C=O) groups is 1. The largest absolute Gasteiger partial charge is 0.461 e. The van der Waals surface area contributed by atoms with Gasteiger partial charge in [0.15, 0.2) is 0 Å². The Hall–Kier alpha value is -2.45. The number of rotatable bonds is 10. The van der Waals surface area contributed by atoms with E-state index in [9.17, 15) is 20.1 Å². The molecule has 0 amide bonds. The summed E-state index contributed by atoms with van der Waals surface area (Å²) in [6.07, 6.45) is 2.12. The molecule has 28 heavy (non-hydrogen) atoms. The maximum absolute atomic E-state index is 12.5. The van der Waals surface area contributed by atoms with Crippen molar-refractivity contribution in [2.24, 2.45) is 0 Å². The van der Waals surface area contributed by atoms with E-state index in [1.807, 2.05) is 0 Å². The lowest BCUT2D eigenvalue weighted by molar-refractivity contribution is 0.0519. The van der Waals surface area contributed by atoms with Gasteiger partial charge in [-0.05, 0) is 48.2 Å². The van der Waals surface area contributed by atoms with Gasteiger partial charge >= 0.3 is 5.97 Å². The molecule has 7 heteroatoms. The number of aliphatic hydroxyl groups excluding tert-OH is 3. The van der Waals surface area contributed by atoms with Crippen LogP contribution in [0.15, 0.2) is 24.8 Å². The topological polar surface area (TPSA) is 115 Å². The second-order valence-electron chi connectivity index (χ2n) is 6.28. The number of esters is 1. The minimum Gasteiger partial charge on any atom is -0.461 e. The van der Waals surface area contributed by atoms with Crippen LogP contribution in [-0.2, 0) is 37.5 Å². The highest BCUT2D eigenvalue weighted by Gasteiger charge is 2.25. The maximum atomic E-state index is 12.5. The van der Waals surface area contributed by atoms with Crippen molar-refractivity contribution in [1.82, 2.24) is 10.3 Å². The zero-order chi connectivity index (χ0) is 20.7. The van der Waals surface area contributed by atoms with Crippen LogP contribution >= 0.6 is 0 Å². The average molecular weight is 388 g/mol. The van der Waals surface area contributed by atoms with Crippen LogP contribution in [0.5, 0.6) is 0 Å². The van der Waals surface area contributed by atoms with Crippen molar-refractivity contribution in [3.05, 3.63) is 58.4 Å². The molecular weight excluding hydrogens is 360 g/mol. The molecule has 2 rings (SSSR count). The quantitative estimate of drug-likeness (QED) is 0.313. The number of nitrogens with one attached hydrogen (secondary N) is 2. The summed E-state index contributed by atoms with van der Waals surface area (Å²) in [6.45, 7) is 5.38. The Labute approximate surface area is 164 Å². The zero-order valence-corrected chi connectivity index (χ0v) is 16.3. The summed E-state index contributed by atoms with van der Waals surface area (Å²) in [5, 5.41) is 32.5. The van der Waals surface area contributed by atoms with Gasteiger partial charge in [-0.25, -0.2) is 4.79 Å². The van der Waals surface area contributed by atoms with Gasteiger partial charge in [-0.15, -0.1) is 6.58 Å². The molecule has 0 radical (unpaired) electrons. The first kappa shape index (κ1) is 21.8. The normalized spacial score (nSPS) is 10.9.